The number of hydrogen-bond acceptors (Lipinski definition) is 6. The summed E-state index contributed by atoms with van der Waals surface area (Å²) in [5.74, 6) is -0.249. The second-order valence-corrected chi connectivity index (χ2v) is 8.33. The van der Waals surface area contributed by atoms with Crippen LogP contribution in [-0.4, -0.2) is 37.9 Å². The third-order valence-corrected chi connectivity index (χ3v) is 5.30. The maximum absolute atomic E-state index is 12.2. The third-order valence-electron chi connectivity index (χ3n) is 4.25. The van der Waals surface area contributed by atoms with Crippen LogP contribution in [0.2, 0.25) is 0 Å². The Morgan fingerprint density at radius 2 is 2.03 bits per heavy atom. The van der Waals surface area contributed by atoms with Crippen molar-refractivity contribution in [2.45, 2.75) is 25.9 Å². The molecule has 1 heterocycles. The van der Waals surface area contributed by atoms with Gasteiger partial charge in [0, 0.05) is 11.1 Å². The highest BCUT2D eigenvalue weighted by atomic mass is 79.9. The number of ether oxygens (including phenoxy) is 4. The minimum absolute atomic E-state index is 0.0431. The molecule has 1 saturated heterocycles. The van der Waals surface area contributed by atoms with Crippen LogP contribution >= 0.6 is 31.9 Å². The minimum atomic E-state index is -0.580. The van der Waals surface area contributed by atoms with E-state index in [0.717, 1.165) is 27.4 Å². The summed E-state index contributed by atoms with van der Waals surface area (Å²) in [4.78, 5) is 24.4. The van der Waals surface area contributed by atoms with E-state index in [1.165, 1.54) is 6.07 Å². The van der Waals surface area contributed by atoms with Gasteiger partial charge in [0.1, 0.15) is 18.1 Å². The van der Waals surface area contributed by atoms with Gasteiger partial charge in [-0.2, -0.15) is 0 Å². The molecule has 2 aromatic carbocycles. The van der Waals surface area contributed by atoms with Crippen molar-refractivity contribution in [1.82, 2.24) is 0 Å². The molecule has 2 aromatic rings. The summed E-state index contributed by atoms with van der Waals surface area (Å²) in [7, 11) is 0. The van der Waals surface area contributed by atoms with Crippen LogP contribution in [0.1, 0.15) is 28.8 Å². The van der Waals surface area contributed by atoms with Gasteiger partial charge in [0.05, 0.1) is 16.1 Å². The Morgan fingerprint density at radius 3 is 2.76 bits per heavy atom. The zero-order chi connectivity index (χ0) is 20.8. The molecule has 1 aliphatic rings. The van der Waals surface area contributed by atoms with Gasteiger partial charge >= 0.3 is 11.9 Å². The molecule has 0 saturated carbocycles. The molecule has 0 N–H and O–H groups in total. The van der Waals surface area contributed by atoms with E-state index < -0.39 is 11.9 Å². The number of aryl methyl sites for hydroxylation is 1. The first kappa shape index (κ1) is 21.8. The summed E-state index contributed by atoms with van der Waals surface area (Å²) >= 11 is 6.81. The van der Waals surface area contributed by atoms with Crippen LogP contribution in [0.4, 0.5) is 0 Å². The van der Waals surface area contributed by atoms with Crippen molar-refractivity contribution in [3.05, 3.63) is 56.5 Å². The Balaban J connectivity index is 1.54. The van der Waals surface area contributed by atoms with E-state index in [-0.39, 0.29) is 25.1 Å². The van der Waals surface area contributed by atoms with Gasteiger partial charge in [-0.15, -0.1) is 0 Å². The van der Waals surface area contributed by atoms with Gasteiger partial charge in [0.25, 0.3) is 0 Å². The van der Waals surface area contributed by atoms with Crippen LogP contribution in [0.5, 0.6) is 11.5 Å². The van der Waals surface area contributed by atoms with Gasteiger partial charge in [0.15, 0.2) is 6.61 Å². The predicted molar refractivity (Wildman–Crippen MR) is 113 cm³/mol. The van der Waals surface area contributed by atoms with E-state index in [1.54, 1.807) is 18.2 Å². The Kier molecular flexibility index (Phi) is 7.69. The number of benzene rings is 2. The largest absolute Gasteiger partial charge is 0.480 e. The second-order valence-electron chi connectivity index (χ2n) is 6.56. The summed E-state index contributed by atoms with van der Waals surface area (Å²) in [6.45, 7) is 2.53. The van der Waals surface area contributed by atoms with E-state index in [0.29, 0.717) is 17.9 Å². The molecule has 0 radical (unpaired) electrons. The molecule has 1 aliphatic heterocycles. The molecule has 0 amide bonds. The van der Waals surface area contributed by atoms with E-state index in [4.69, 9.17) is 18.9 Å². The number of carbonyl (C=O) groups is 2. The highest BCUT2D eigenvalue weighted by Gasteiger charge is 2.19. The Hall–Kier alpha value is -1.90. The van der Waals surface area contributed by atoms with Crippen LogP contribution in [0, 0.1) is 6.92 Å². The Morgan fingerprint density at radius 1 is 1.21 bits per heavy atom. The SMILES string of the molecule is Cc1cc(Br)cc(Br)c1OCC(=O)Oc1cccc(C(=O)OCC2CCCO2)c1. The maximum atomic E-state index is 12.2. The first-order valence-electron chi connectivity index (χ1n) is 9.10. The van der Waals surface area contributed by atoms with E-state index in [9.17, 15) is 9.59 Å². The van der Waals surface area contributed by atoms with Gasteiger partial charge in [0.2, 0.25) is 0 Å². The van der Waals surface area contributed by atoms with Gasteiger partial charge in [-0.1, -0.05) is 22.0 Å². The normalized spacial score (nSPS) is 15.8. The van der Waals surface area contributed by atoms with Crippen LogP contribution in [-0.2, 0) is 14.3 Å². The molecule has 6 nitrogen and oxygen atoms in total. The summed E-state index contributed by atoms with van der Waals surface area (Å²) in [6, 6.07) is 10.0. The lowest BCUT2D eigenvalue weighted by molar-refractivity contribution is -0.136. The Labute approximate surface area is 185 Å². The zero-order valence-corrected chi connectivity index (χ0v) is 19.0. The van der Waals surface area contributed by atoms with Crippen molar-refractivity contribution in [2.75, 3.05) is 19.8 Å². The van der Waals surface area contributed by atoms with Gasteiger partial charge in [-0.3, -0.25) is 0 Å². The van der Waals surface area contributed by atoms with Gasteiger partial charge in [-0.25, -0.2) is 9.59 Å². The lowest BCUT2D eigenvalue weighted by atomic mass is 10.2. The maximum Gasteiger partial charge on any atom is 0.349 e. The van der Waals surface area contributed by atoms with Crippen molar-refractivity contribution < 1.29 is 28.5 Å². The molecule has 0 spiro atoms. The molecular weight excluding hydrogens is 508 g/mol. The summed E-state index contributed by atoms with van der Waals surface area (Å²) < 4.78 is 23.2. The fourth-order valence-electron chi connectivity index (χ4n) is 2.88. The second kappa shape index (κ2) is 10.2. The van der Waals surface area contributed by atoms with E-state index in [1.807, 2.05) is 19.1 Å². The molecule has 154 valence electrons. The van der Waals surface area contributed by atoms with Crippen molar-refractivity contribution in [1.29, 1.82) is 0 Å². The molecule has 3 rings (SSSR count). The van der Waals surface area contributed by atoms with Crippen molar-refractivity contribution in [3.63, 3.8) is 0 Å². The summed E-state index contributed by atoms with van der Waals surface area (Å²) in [6.07, 6.45) is 1.82. The van der Waals surface area contributed by atoms with Gasteiger partial charge < -0.3 is 18.9 Å². The van der Waals surface area contributed by atoms with Crippen LogP contribution < -0.4 is 9.47 Å². The lowest BCUT2D eigenvalue weighted by Gasteiger charge is -2.12. The molecular formula is C21H20Br2O6. The summed E-state index contributed by atoms with van der Waals surface area (Å²) in [5.41, 5.74) is 1.18. The van der Waals surface area contributed by atoms with Crippen molar-refractivity contribution in [2.24, 2.45) is 0 Å². The lowest BCUT2D eigenvalue weighted by Crippen LogP contribution is -2.19. The number of halogens is 2. The standard InChI is InChI=1S/C21H20Br2O6/c1-13-8-15(22)10-18(23)20(13)27-12-19(24)29-16-5-2-4-14(9-16)21(25)28-11-17-6-3-7-26-17/h2,4-5,8-10,17H,3,6-7,11-12H2,1H3. The molecule has 0 bridgehead atoms. The molecule has 1 unspecified atom stereocenters. The van der Waals surface area contributed by atoms with Crippen molar-refractivity contribution >= 4 is 43.8 Å². The highest BCUT2D eigenvalue weighted by Crippen LogP contribution is 2.32. The number of rotatable bonds is 7. The smallest absolute Gasteiger partial charge is 0.349 e. The van der Waals surface area contributed by atoms with Crippen LogP contribution in [0.25, 0.3) is 0 Å². The number of carbonyl (C=O) groups excluding carboxylic acids is 2. The zero-order valence-electron chi connectivity index (χ0n) is 15.8. The number of hydrogen-bond donors (Lipinski definition) is 0. The third kappa shape index (κ3) is 6.29. The number of esters is 2. The minimum Gasteiger partial charge on any atom is -0.480 e. The van der Waals surface area contributed by atoms with Crippen LogP contribution in [0.15, 0.2) is 45.3 Å². The van der Waals surface area contributed by atoms with Crippen molar-refractivity contribution in [3.8, 4) is 11.5 Å². The van der Waals surface area contributed by atoms with E-state index >= 15 is 0 Å². The molecule has 0 aliphatic carbocycles. The Bertz CT molecular complexity index is 869. The van der Waals surface area contributed by atoms with E-state index in [2.05, 4.69) is 31.9 Å². The average molecular weight is 528 g/mol. The summed E-state index contributed by atoms with van der Waals surface area (Å²) in [5, 5.41) is 0. The molecule has 0 aromatic heterocycles. The fraction of sp³-hybridized carbons (Fsp3) is 0.333. The molecule has 29 heavy (non-hydrogen) atoms. The topological polar surface area (TPSA) is 71.1 Å². The highest BCUT2D eigenvalue weighted by molar-refractivity contribution is 9.11. The fourth-order valence-corrected chi connectivity index (χ4v) is 4.43. The first-order valence-corrected chi connectivity index (χ1v) is 10.7. The quantitative estimate of drug-likeness (QED) is 0.379. The monoisotopic (exact) mass is 526 g/mol. The van der Waals surface area contributed by atoms with Crippen LogP contribution in [0.3, 0.4) is 0 Å². The molecule has 1 fully saturated rings. The average Bonchev–Trinajstić information content (AvgIpc) is 3.19. The predicted octanol–water partition coefficient (Wildman–Crippen LogP) is 4.84. The molecule has 1 atom stereocenters. The molecule has 8 heteroatoms. The first-order chi connectivity index (χ1) is 13.9. The van der Waals surface area contributed by atoms with Gasteiger partial charge in [-0.05, 0) is 71.6 Å².